The number of thiazole rings is 1. The molecule has 3 N–H and O–H groups in total. The van der Waals surface area contributed by atoms with Crippen LogP contribution in [0.4, 0.5) is 29.6 Å². The van der Waals surface area contributed by atoms with E-state index in [1.807, 2.05) is 0 Å². The van der Waals surface area contributed by atoms with Gasteiger partial charge in [-0.1, -0.05) is 10.0 Å². The average molecular weight is 541 g/mol. The van der Waals surface area contributed by atoms with Gasteiger partial charge in [-0.05, 0) is 36.2 Å². The summed E-state index contributed by atoms with van der Waals surface area (Å²) in [6.45, 7) is 1.76. The first-order valence-electron chi connectivity index (χ1n) is 9.81. The second-order valence-electron chi connectivity index (χ2n) is 7.50. The number of benzene rings is 1. The van der Waals surface area contributed by atoms with Gasteiger partial charge in [-0.15, -0.1) is 19.8 Å². The Bertz CT molecular complexity index is 1520. The highest BCUT2D eigenvalue weighted by Crippen LogP contribution is 2.35. The van der Waals surface area contributed by atoms with E-state index in [0.717, 1.165) is 47.7 Å². The van der Waals surface area contributed by atoms with E-state index in [9.17, 15) is 36.6 Å². The van der Waals surface area contributed by atoms with Crippen LogP contribution in [-0.2, 0) is 22.0 Å². The lowest BCUT2D eigenvalue weighted by Gasteiger charge is -2.11. The number of aliphatic hydroxyl groups is 1. The molecule has 0 fully saturated rings. The van der Waals surface area contributed by atoms with E-state index in [2.05, 4.69) is 20.3 Å². The van der Waals surface area contributed by atoms with Crippen molar-refractivity contribution in [2.24, 2.45) is 0 Å². The molecule has 4 rings (SSSR count). The third kappa shape index (κ3) is 5.34. The van der Waals surface area contributed by atoms with E-state index in [1.54, 1.807) is 25.1 Å². The smallest absolute Gasteiger partial charge is 0.470 e. The number of aryl methyl sites for hydroxylation is 1. The van der Waals surface area contributed by atoms with Crippen molar-refractivity contribution in [2.75, 3.05) is 5.32 Å². The van der Waals surface area contributed by atoms with Gasteiger partial charge < -0.3 is 20.3 Å². The van der Waals surface area contributed by atoms with Crippen molar-refractivity contribution in [2.45, 2.75) is 18.7 Å². The first kappa shape index (κ1) is 25.2. The number of hydrogen-bond acceptors (Lipinski definition) is 10. The molecule has 1 aliphatic heterocycles. The second kappa shape index (κ2) is 8.96. The molecule has 16 heteroatoms. The maximum absolute atomic E-state index is 12.9. The topological polar surface area (TPSA) is 160 Å². The van der Waals surface area contributed by atoms with Crippen LogP contribution < -0.4 is 15.1 Å². The van der Waals surface area contributed by atoms with Crippen LogP contribution in [0, 0.1) is 6.92 Å². The van der Waals surface area contributed by atoms with E-state index < -0.39 is 33.8 Å². The molecule has 1 atom stereocenters. The van der Waals surface area contributed by atoms with Crippen LogP contribution in [0.2, 0.25) is 0 Å². The molecule has 1 amide bonds. The Kier molecular flexibility index (Phi) is 6.27. The Labute approximate surface area is 205 Å². The number of rotatable bonds is 6. The number of carbonyl (C=O) groups excluding carboxylic acids is 1. The van der Waals surface area contributed by atoms with Crippen LogP contribution in [0.5, 0.6) is 0 Å². The summed E-state index contributed by atoms with van der Waals surface area (Å²) in [6, 6.07) is 5.82. The number of aromatic nitrogens is 3. The molecule has 0 saturated carbocycles. The lowest BCUT2D eigenvalue weighted by Crippen LogP contribution is -2.44. The normalized spacial score (nSPS) is 17.6. The number of nitrogens with zero attached hydrogens (tertiary/aromatic N) is 4. The highest BCUT2D eigenvalue weighted by molar-refractivity contribution is 7.84. The summed E-state index contributed by atoms with van der Waals surface area (Å²) in [7, 11) is -4.53. The molecule has 0 radical (unpaired) electrons. The number of carbonyl (C=O) groups is 1. The van der Waals surface area contributed by atoms with Gasteiger partial charge in [-0.2, -0.15) is 13.2 Å². The summed E-state index contributed by atoms with van der Waals surface area (Å²) in [6.07, 6.45) is -1.33. The lowest BCUT2D eigenvalue weighted by molar-refractivity contribution is -0.279. The molecule has 2 aromatic heterocycles. The van der Waals surface area contributed by atoms with Crippen molar-refractivity contribution >= 4 is 45.5 Å². The fourth-order valence-electron chi connectivity index (χ4n) is 3.20. The van der Waals surface area contributed by atoms with Crippen molar-refractivity contribution in [3.63, 3.8) is 0 Å². The number of anilines is 2. The summed E-state index contributed by atoms with van der Waals surface area (Å²) in [5, 5.41) is 24.3. The highest BCUT2D eigenvalue weighted by Gasteiger charge is 2.41. The monoisotopic (exact) mass is 540 g/mol. The predicted octanol–water partition coefficient (Wildman–Crippen LogP) is 1.65. The van der Waals surface area contributed by atoms with Crippen molar-refractivity contribution in [3.8, 4) is 10.4 Å². The third-order valence-electron chi connectivity index (χ3n) is 4.70. The first-order chi connectivity index (χ1) is 16.7. The molecule has 0 spiro atoms. The van der Waals surface area contributed by atoms with Gasteiger partial charge in [-0.25, -0.2) is 19.7 Å². The number of alkyl halides is 3. The largest absolute Gasteiger partial charge is 0.529 e. The zero-order valence-electron chi connectivity index (χ0n) is 18.0. The molecule has 0 aliphatic carbocycles. The lowest BCUT2D eigenvalue weighted by atomic mass is 10.1. The summed E-state index contributed by atoms with van der Waals surface area (Å²) in [4.78, 5) is 22.6. The standard InChI is InChI=1S/C20H15F3N6O5S2/c1-11-6-12(8-13(7-11)26-17-24-4-2-15(27-17)20(21,22)23)14-9-25-16(35-14)19(32)3-5-29(10-19)36(33,34)28-18(30)31/h2-10,28,32H,1H3,(H-,24,26,27,30,31). The number of carboxylic acid groups (broad SMARTS) is 1. The van der Waals surface area contributed by atoms with Crippen molar-refractivity contribution in [3.05, 3.63) is 65.2 Å². The van der Waals surface area contributed by atoms with E-state index in [1.165, 1.54) is 10.9 Å². The molecule has 3 aromatic rings. The maximum Gasteiger partial charge on any atom is 0.470 e. The summed E-state index contributed by atoms with van der Waals surface area (Å²) >= 11 is 1.02. The van der Waals surface area contributed by atoms with Gasteiger partial charge in [0.15, 0.2) is 12.3 Å². The van der Waals surface area contributed by atoms with E-state index >= 15 is 0 Å². The predicted molar refractivity (Wildman–Crippen MR) is 119 cm³/mol. The van der Waals surface area contributed by atoms with Crippen LogP contribution >= 0.6 is 11.3 Å². The van der Waals surface area contributed by atoms with Crippen LogP contribution in [0.1, 0.15) is 16.3 Å². The molecule has 1 aliphatic rings. The Morgan fingerprint density at radius 2 is 2.00 bits per heavy atom. The Hall–Kier alpha value is -3.89. The molecule has 1 aromatic carbocycles. The number of hydrogen-bond donors (Lipinski definition) is 3. The average Bonchev–Trinajstić information content (AvgIpc) is 3.41. The van der Waals surface area contributed by atoms with E-state index in [-0.39, 0.29) is 11.0 Å². The van der Waals surface area contributed by atoms with E-state index in [0.29, 0.717) is 20.1 Å². The van der Waals surface area contributed by atoms with Gasteiger partial charge in [0.05, 0.1) is 4.88 Å². The molecule has 11 nitrogen and oxygen atoms in total. The van der Waals surface area contributed by atoms with Crippen molar-refractivity contribution in [1.82, 2.24) is 19.7 Å². The van der Waals surface area contributed by atoms with Crippen molar-refractivity contribution < 1.29 is 40.6 Å². The molecule has 188 valence electrons. The van der Waals surface area contributed by atoms with Gasteiger partial charge in [0.1, 0.15) is 10.7 Å². The van der Waals surface area contributed by atoms with Gasteiger partial charge in [-0.3, -0.25) is 0 Å². The van der Waals surface area contributed by atoms with Gasteiger partial charge in [0.2, 0.25) is 17.8 Å². The van der Waals surface area contributed by atoms with Crippen LogP contribution in [0.15, 0.2) is 48.9 Å². The number of amides is 1. The van der Waals surface area contributed by atoms with Crippen LogP contribution in [0.25, 0.3) is 10.4 Å². The molecule has 36 heavy (non-hydrogen) atoms. The third-order valence-corrected chi connectivity index (χ3v) is 7.10. The minimum atomic E-state index is -4.63. The van der Waals surface area contributed by atoms with Gasteiger partial charge in [0.25, 0.3) is 0 Å². The Morgan fingerprint density at radius 1 is 1.25 bits per heavy atom. The first-order valence-corrected chi connectivity index (χ1v) is 12.1. The Balaban J connectivity index is 1.61. The molecule has 0 saturated heterocycles. The molecule has 0 bridgehead atoms. The fraction of sp³-hybridized carbons (Fsp3) is 0.150. The van der Waals surface area contributed by atoms with Crippen LogP contribution in [0.3, 0.4) is 0 Å². The number of nitrogens with one attached hydrogen (secondary N) is 2. The minimum Gasteiger partial charge on any atom is -0.529 e. The van der Waals surface area contributed by atoms with Crippen LogP contribution in [-0.4, -0.2) is 44.8 Å². The van der Waals surface area contributed by atoms with Gasteiger partial charge in [0, 0.05) is 24.2 Å². The summed E-state index contributed by atoms with van der Waals surface area (Å²) in [5.74, 6) is -0.252. The highest BCUT2D eigenvalue weighted by atomic mass is 32.2. The zero-order chi connectivity index (χ0) is 26.3. The minimum absolute atomic E-state index is 0.0807. The quantitative estimate of drug-likeness (QED) is 0.395. The Morgan fingerprint density at radius 3 is 2.69 bits per heavy atom. The summed E-state index contributed by atoms with van der Waals surface area (Å²) < 4.78 is 64.5. The zero-order valence-corrected chi connectivity index (χ0v) is 19.6. The van der Waals surface area contributed by atoms with E-state index in [4.69, 9.17) is 0 Å². The second-order valence-corrected chi connectivity index (χ2v) is 10.1. The molecule has 1 unspecified atom stereocenters. The molecule has 3 heterocycles. The molecular weight excluding hydrogens is 525 g/mol. The van der Waals surface area contributed by atoms with Crippen molar-refractivity contribution in [1.29, 1.82) is 0 Å². The fourth-order valence-corrected chi connectivity index (χ4v) is 4.97. The SMILES string of the molecule is Cc1cc(Nc2nccc(C(F)(F)F)n2)cc(-c2cnc(C3(O)C=C[N+](S(=O)(=O)NC(=O)[O-])=C3)s2)c1. The number of halogens is 3. The maximum atomic E-state index is 12.9. The molecular formula is C20H15F3N6O5S2. The van der Waals surface area contributed by atoms with Gasteiger partial charge >= 0.3 is 16.4 Å². The summed E-state index contributed by atoms with van der Waals surface area (Å²) in [5.41, 5.74) is -1.30.